The number of ether oxygens (including phenoxy) is 1. The molecule has 0 saturated carbocycles. The summed E-state index contributed by atoms with van der Waals surface area (Å²) in [6, 6.07) is 16.4. The first-order valence-corrected chi connectivity index (χ1v) is 12.8. The molecule has 9 heteroatoms. The summed E-state index contributed by atoms with van der Waals surface area (Å²) in [5, 5.41) is 7.55. The lowest BCUT2D eigenvalue weighted by Crippen LogP contribution is -2.38. The molecule has 0 unspecified atom stereocenters. The number of para-hydroxylation sites is 1. The third kappa shape index (κ3) is 4.31. The van der Waals surface area contributed by atoms with Crippen LogP contribution in [0.1, 0.15) is 22.5 Å². The largest absolute Gasteiger partial charge is 0.379 e. The number of sulfone groups is 1. The number of carbonyl (C=O) groups is 1. The highest BCUT2D eigenvalue weighted by molar-refractivity contribution is 7.90. The minimum atomic E-state index is -3.57. The first-order valence-electron chi connectivity index (χ1n) is 11.1. The highest BCUT2D eigenvalue weighted by atomic mass is 32.2. The number of nitrogens with zero attached hydrogens (tertiary/aromatic N) is 3. The molecular weight excluding hydrogens is 440 g/mol. The molecule has 5 rings (SSSR count). The van der Waals surface area contributed by atoms with Gasteiger partial charge in [-0.1, -0.05) is 36.4 Å². The second-order valence-electron chi connectivity index (χ2n) is 8.24. The molecule has 0 spiro atoms. The Morgan fingerprint density at radius 3 is 2.55 bits per heavy atom. The number of carbonyl (C=O) groups excluding carboxylic acids is 1. The molecule has 2 aliphatic rings. The zero-order chi connectivity index (χ0) is 22.8. The number of hydrogen-bond acceptors (Lipinski definition) is 6. The third-order valence-electron chi connectivity index (χ3n) is 6.05. The fourth-order valence-corrected chi connectivity index (χ4v) is 6.01. The van der Waals surface area contributed by atoms with Crippen LogP contribution >= 0.6 is 0 Å². The van der Waals surface area contributed by atoms with Gasteiger partial charge in [0.05, 0.1) is 35.2 Å². The van der Waals surface area contributed by atoms with E-state index in [0.29, 0.717) is 23.4 Å². The molecule has 1 fully saturated rings. The van der Waals surface area contributed by atoms with Gasteiger partial charge < -0.3 is 10.1 Å². The second kappa shape index (κ2) is 9.09. The standard InChI is InChI=1S/C24H26N4O4S/c29-24(25-11-6-12-27-13-15-32-16-14-27)22-20-17-33(30,31)21-10-5-4-9-19(21)23(20)28(26-22)18-7-2-1-3-8-18/h1-5,7-10H,6,11-17H2,(H,25,29). The molecule has 1 aromatic heterocycles. The lowest BCUT2D eigenvalue weighted by molar-refractivity contribution is 0.0374. The third-order valence-corrected chi connectivity index (χ3v) is 7.75. The number of benzene rings is 2. The second-order valence-corrected chi connectivity index (χ2v) is 10.2. The predicted molar refractivity (Wildman–Crippen MR) is 124 cm³/mol. The number of aromatic nitrogens is 2. The van der Waals surface area contributed by atoms with Gasteiger partial charge in [0.2, 0.25) is 0 Å². The van der Waals surface area contributed by atoms with Crippen LogP contribution in [-0.4, -0.2) is 68.4 Å². The van der Waals surface area contributed by atoms with Crippen LogP contribution in [0.2, 0.25) is 0 Å². The molecule has 33 heavy (non-hydrogen) atoms. The highest BCUT2D eigenvalue weighted by Gasteiger charge is 2.35. The van der Waals surface area contributed by atoms with Gasteiger partial charge in [0, 0.05) is 30.8 Å². The van der Waals surface area contributed by atoms with Crippen molar-refractivity contribution in [2.75, 3.05) is 39.4 Å². The average molecular weight is 467 g/mol. The molecule has 2 aromatic carbocycles. The van der Waals surface area contributed by atoms with Crippen molar-refractivity contribution in [2.24, 2.45) is 0 Å². The summed E-state index contributed by atoms with van der Waals surface area (Å²) in [7, 11) is -3.57. The highest BCUT2D eigenvalue weighted by Crippen LogP contribution is 2.40. The molecular formula is C24H26N4O4S. The molecule has 0 bridgehead atoms. The summed E-state index contributed by atoms with van der Waals surface area (Å²) < 4.78 is 33.1. The Morgan fingerprint density at radius 2 is 1.76 bits per heavy atom. The number of morpholine rings is 1. The first kappa shape index (κ1) is 21.8. The summed E-state index contributed by atoms with van der Waals surface area (Å²) in [6.45, 7) is 4.66. The van der Waals surface area contributed by atoms with Gasteiger partial charge in [-0.05, 0) is 31.2 Å². The van der Waals surface area contributed by atoms with Gasteiger partial charge in [0.15, 0.2) is 15.5 Å². The molecule has 172 valence electrons. The van der Waals surface area contributed by atoms with Crippen molar-refractivity contribution in [2.45, 2.75) is 17.1 Å². The van der Waals surface area contributed by atoms with E-state index in [4.69, 9.17) is 4.74 Å². The van der Waals surface area contributed by atoms with Crippen molar-refractivity contribution in [3.05, 3.63) is 65.9 Å². The zero-order valence-corrected chi connectivity index (χ0v) is 19.1. The van der Waals surface area contributed by atoms with Crippen molar-refractivity contribution in [3.63, 3.8) is 0 Å². The molecule has 0 aliphatic carbocycles. The lowest BCUT2D eigenvalue weighted by atomic mass is 10.1. The minimum absolute atomic E-state index is 0.165. The number of hydrogen-bond donors (Lipinski definition) is 1. The molecule has 1 amide bonds. The summed E-state index contributed by atoms with van der Waals surface area (Å²) >= 11 is 0. The number of fused-ring (bicyclic) bond motifs is 3. The SMILES string of the molecule is O=C(NCCCN1CCOCC1)c1nn(-c2ccccc2)c2c1CS(=O)(=O)c1ccccc1-2. The van der Waals surface area contributed by atoms with E-state index in [9.17, 15) is 13.2 Å². The molecule has 2 aliphatic heterocycles. The van der Waals surface area contributed by atoms with E-state index in [2.05, 4.69) is 15.3 Å². The summed E-state index contributed by atoms with van der Waals surface area (Å²) in [4.78, 5) is 15.7. The van der Waals surface area contributed by atoms with Gasteiger partial charge in [0.25, 0.3) is 5.91 Å². The molecule has 8 nitrogen and oxygen atoms in total. The predicted octanol–water partition coefficient (Wildman–Crippen LogP) is 2.28. The molecule has 0 radical (unpaired) electrons. The fourth-order valence-electron chi connectivity index (χ4n) is 4.42. The van der Waals surface area contributed by atoms with Crippen LogP contribution in [0.15, 0.2) is 59.5 Å². The van der Waals surface area contributed by atoms with E-state index in [-0.39, 0.29) is 22.2 Å². The van der Waals surface area contributed by atoms with Gasteiger partial charge in [-0.3, -0.25) is 9.69 Å². The van der Waals surface area contributed by atoms with E-state index in [1.165, 1.54) is 0 Å². The van der Waals surface area contributed by atoms with E-state index in [1.54, 1.807) is 28.9 Å². The normalized spacial score (nSPS) is 17.2. The maximum absolute atomic E-state index is 13.1. The maximum atomic E-state index is 13.1. The van der Waals surface area contributed by atoms with Gasteiger partial charge in [-0.2, -0.15) is 5.10 Å². The lowest BCUT2D eigenvalue weighted by Gasteiger charge is -2.26. The summed E-state index contributed by atoms with van der Waals surface area (Å²) in [5.74, 6) is -0.597. The van der Waals surface area contributed by atoms with Crippen molar-refractivity contribution >= 4 is 15.7 Å². The maximum Gasteiger partial charge on any atom is 0.272 e. The number of rotatable bonds is 6. The van der Waals surface area contributed by atoms with Crippen LogP contribution in [-0.2, 0) is 20.3 Å². The summed E-state index contributed by atoms with van der Waals surface area (Å²) in [6.07, 6.45) is 0.800. The van der Waals surface area contributed by atoms with Crippen molar-refractivity contribution in [3.8, 4) is 16.9 Å². The van der Waals surface area contributed by atoms with Crippen molar-refractivity contribution < 1.29 is 17.9 Å². The zero-order valence-electron chi connectivity index (χ0n) is 18.2. The van der Waals surface area contributed by atoms with Crippen LogP contribution < -0.4 is 5.32 Å². The van der Waals surface area contributed by atoms with Crippen LogP contribution in [0.4, 0.5) is 0 Å². The molecule has 3 aromatic rings. The Hall–Kier alpha value is -3.01. The number of nitrogens with one attached hydrogen (secondary N) is 1. The number of amides is 1. The average Bonchev–Trinajstić information content (AvgIpc) is 3.22. The minimum Gasteiger partial charge on any atom is -0.379 e. The van der Waals surface area contributed by atoms with Gasteiger partial charge in [-0.15, -0.1) is 0 Å². The summed E-state index contributed by atoms with van der Waals surface area (Å²) in [5.41, 5.74) is 2.61. The van der Waals surface area contributed by atoms with E-state index in [1.807, 2.05) is 30.3 Å². The molecule has 1 N–H and O–H groups in total. The topological polar surface area (TPSA) is 93.5 Å². The van der Waals surface area contributed by atoms with E-state index < -0.39 is 9.84 Å². The smallest absolute Gasteiger partial charge is 0.272 e. The van der Waals surface area contributed by atoms with Gasteiger partial charge in [-0.25, -0.2) is 13.1 Å². The Kier molecular flexibility index (Phi) is 6.01. The van der Waals surface area contributed by atoms with Gasteiger partial charge >= 0.3 is 0 Å². The van der Waals surface area contributed by atoms with Crippen LogP contribution in [0, 0.1) is 0 Å². The van der Waals surface area contributed by atoms with Crippen LogP contribution in [0.25, 0.3) is 16.9 Å². The Bertz CT molecular complexity index is 1260. The molecule has 3 heterocycles. The Morgan fingerprint density at radius 1 is 1.03 bits per heavy atom. The van der Waals surface area contributed by atoms with Gasteiger partial charge in [0.1, 0.15) is 0 Å². The molecule has 0 atom stereocenters. The Balaban J connectivity index is 1.45. The van der Waals surface area contributed by atoms with Crippen LogP contribution in [0.5, 0.6) is 0 Å². The van der Waals surface area contributed by atoms with Crippen molar-refractivity contribution in [1.29, 1.82) is 0 Å². The van der Waals surface area contributed by atoms with Crippen molar-refractivity contribution in [1.82, 2.24) is 20.0 Å². The van der Waals surface area contributed by atoms with E-state index >= 15 is 0 Å². The van der Waals surface area contributed by atoms with Crippen LogP contribution in [0.3, 0.4) is 0 Å². The molecule has 1 saturated heterocycles. The first-order chi connectivity index (χ1) is 16.0. The fraction of sp³-hybridized carbons (Fsp3) is 0.333. The monoisotopic (exact) mass is 466 g/mol. The quantitative estimate of drug-likeness (QED) is 0.561. The Labute approximate surface area is 193 Å². The van der Waals surface area contributed by atoms with E-state index in [0.717, 1.165) is 45.0 Å².